The minimum atomic E-state index is -0.362. The monoisotopic (exact) mass is 539 g/mol. The molecule has 4 aromatic rings. The van der Waals surface area contributed by atoms with Crippen molar-refractivity contribution in [3.63, 3.8) is 0 Å². The number of ether oxygens (including phenoxy) is 1. The van der Waals surface area contributed by atoms with E-state index in [0.717, 1.165) is 22.2 Å². The van der Waals surface area contributed by atoms with Gasteiger partial charge in [-0.15, -0.1) is 0 Å². The first-order valence-corrected chi connectivity index (χ1v) is 12.6. The summed E-state index contributed by atoms with van der Waals surface area (Å²) in [6.45, 7) is 8.05. The number of nitrogens with one attached hydrogen (secondary N) is 2. The second-order valence-electron chi connectivity index (χ2n) is 9.21. The van der Waals surface area contributed by atoms with Crippen LogP contribution in [0.15, 0.2) is 80.2 Å². The zero-order valence-electron chi connectivity index (χ0n) is 23.1. The topological polar surface area (TPSA) is 105 Å². The van der Waals surface area contributed by atoms with Crippen LogP contribution in [0.3, 0.4) is 0 Å². The van der Waals surface area contributed by atoms with E-state index in [-0.39, 0.29) is 11.8 Å². The Balaban J connectivity index is 1.67. The first-order valence-electron chi connectivity index (χ1n) is 12.6. The number of hydrogen-bond donors (Lipinski definition) is 2. The van der Waals surface area contributed by atoms with Crippen LogP contribution in [-0.4, -0.2) is 65.5 Å². The lowest BCUT2D eigenvalue weighted by Crippen LogP contribution is -2.34. The number of likely N-dealkylation sites (N-methyl/N-ethyl adjacent to an activating group) is 2. The van der Waals surface area contributed by atoms with E-state index in [0.29, 0.717) is 41.8 Å². The molecule has 2 aromatic carbocycles. The second-order valence-corrected chi connectivity index (χ2v) is 9.21. The molecular weight excluding hydrogens is 506 g/mol. The fraction of sp³-hybridized carbons (Fsp3) is 0.200. The van der Waals surface area contributed by atoms with Gasteiger partial charge in [-0.1, -0.05) is 31.4 Å². The number of nitrogens with zero attached hydrogens (tertiary/aromatic N) is 5. The van der Waals surface area contributed by atoms with E-state index < -0.39 is 0 Å². The van der Waals surface area contributed by atoms with E-state index in [4.69, 9.17) is 9.72 Å². The standard InChI is InChI=1S/C30H33N7O3/c1-7-28(38)32-23-17-24(27(40-6)18-26(23)35(3)15-16-36(4)29(39)8-2)34-30-31-14-13-22(33-30)21-19-37(5)25-12-10-9-11-20(21)25/h7-14,17-19H,1-2,15-16H2,3-6H3,(H,32,38)(H,31,33,34). The third-order valence-corrected chi connectivity index (χ3v) is 6.57. The molecule has 2 amide bonds. The van der Waals surface area contributed by atoms with Crippen molar-refractivity contribution in [2.75, 3.05) is 49.8 Å². The highest BCUT2D eigenvalue weighted by Gasteiger charge is 2.18. The molecule has 10 heteroatoms. The Labute approximate surface area is 233 Å². The quantitative estimate of drug-likeness (QED) is 0.269. The first-order chi connectivity index (χ1) is 19.2. The van der Waals surface area contributed by atoms with E-state index >= 15 is 0 Å². The van der Waals surface area contributed by atoms with Crippen LogP contribution in [0, 0.1) is 0 Å². The highest BCUT2D eigenvalue weighted by atomic mass is 16.5. The number of hydrogen-bond acceptors (Lipinski definition) is 7. The molecule has 0 aliphatic heterocycles. The van der Waals surface area contributed by atoms with Crippen molar-refractivity contribution in [3.8, 4) is 17.0 Å². The summed E-state index contributed by atoms with van der Waals surface area (Å²) in [5, 5.41) is 7.20. The number of anilines is 4. The van der Waals surface area contributed by atoms with Gasteiger partial charge in [0.15, 0.2) is 0 Å². The molecule has 0 unspecified atom stereocenters. The third kappa shape index (κ3) is 5.96. The molecule has 206 valence electrons. The second kappa shape index (κ2) is 12.2. The van der Waals surface area contributed by atoms with E-state index in [9.17, 15) is 9.59 Å². The number of methoxy groups -OCH3 is 1. The van der Waals surface area contributed by atoms with Gasteiger partial charge in [0.05, 0.1) is 29.9 Å². The Bertz CT molecular complexity index is 1580. The number of fused-ring (bicyclic) bond motifs is 1. The Hall–Kier alpha value is -5.12. The van der Waals surface area contributed by atoms with Gasteiger partial charge in [-0.05, 0) is 30.4 Å². The maximum atomic E-state index is 12.3. The Morgan fingerprint density at radius 2 is 1.85 bits per heavy atom. The highest BCUT2D eigenvalue weighted by Crippen LogP contribution is 2.38. The zero-order valence-corrected chi connectivity index (χ0v) is 23.1. The molecule has 0 saturated heterocycles. The lowest BCUT2D eigenvalue weighted by molar-refractivity contribution is -0.124. The van der Waals surface area contributed by atoms with Crippen LogP contribution < -0.4 is 20.3 Å². The number of benzene rings is 2. The normalized spacial score (nSPS) is 10.6. The summed E-state index contributed by atoms with van der Waals surface area (Å²) in [7, 11) is 7.15. The summed E-state index contributed by atoms with van der Waals surface area (Å²) in [5.41, 5.74) is 4.65. The highest BCUT2D eigenvalue weighted by molar-refractivity contribution is 6.02. The first kappa shape index (κ1) is 27.9. The third-order valence-electron chi connectivity index (χ3n) is 6.57. The molecule has 0 bridgehead atoms. The van der Waals surface area contributed by atoms with Crippen molar-refractivity contribution in [2.45, 2.75) is 0 Å². The van der Waals surface area contributed by atoms with Crippen molar-refractivity contribution in [1.29, 1.82) is 0 Å². The lowest BCUT2D eigenvalue weighted by atomic mass is 10.1. The summed E-state index contributed by atoms with van der Waals surface area (Å²) >= 11 is 0. The Morgan fingerprint density at radius 3 is 2.58 bits per heavy atom. The van der Waals surface area contributed by atoms with Gasteiger partial charge < -0.3 is 29.7 Å². The van der Waals surface area contributed by atoms with Crippen LogP contribution >= 0.6 is 0 Å². The average molecular weight is 540 g/mol. The molecule has 2 heterocycles. The fourth-order valence-corrected chi connectivity index (χ4v) is 4.36. The number of carbonyl (C=O) groups excluding carboxylic acids is 2. The van der Waals surface area contributed by atoms with Crippen molar-refractivity contribution in [2.24, 2.45) is 7.05 Å². The van der Waals surface area contributed by atoms with Gasteiger partial charge in [-0.3, -0.25) is 9.59 Å². The van der Waals surface area contributed by atoms with E-state index in [1.54, 1.807) is 31.3 Å². The van der Waals surface area contributed by atoms with Crippen molar-refractivity contribution < 1.29 is 14.3 Å². The minimum absolute atomic E-state index is 0.170. The maximum absolute atomic E-state index is 12.3. The minimum Gasteiger partial charge on any atom is -0.494 e. The number of rotatable bonds is 11. The fourth-order valence-electron chi connectivity index (χ4n) is 4.36. The van der Waals surface area contributed by atoms with Crippen LogP contribution in [0.5, 0.6) is 5.75 Å². The van der Waals surface area contributed by atoms with Gasteiger partial charge in [-0.2, -0.15) is 0 Å². The maximum Gasteiger partial charge on any atom is 0.247 e. The average Bonchev–Trinajstić information content (AvgIpc) is 3.31. The molecule has 4 rings (SSSR count). The SMILES string of the molecule is C=CC(=O)Nc1cc(Nc2nccc(-c3cn(C)c4ccccc34)n2)c(OC)cc1N(C)CCN(C)C(=O)C=C. The molecule has 0 saturated carbocycles. The number of aromatic nitrogens is 3. The zero-order chi connectivity index (χ0) is 28.8. The summed E-state index contributed by atoms with van der Waals surface area (Å²) in [5.74, 6) is 0.360. The van der Waals surface area contributed by atoms with Gasteiger partial charge in [0.25, 0.3) is 0 Å². The van der Waals surface area contributed by atoms with Crippen molar-refractivity contribution in [3.05, 3.63) is 80.2 Å². The van der Waals surface area contributed by atoms with Gasteiger partial charge in [0.2, 0.25) is 17.8 Å². The summed E-state index contributed by atoms with van der Waals surface area (Å²) in [6.07, 6.45) is 6.22. The number of amides is 2. The van der Waals surface area contributed by atoms with Crippen LogP contribution in [0.25, 0.3) is 22.2 Å². The van der Waals surface area contributed by atoms with Crippen LogP contribution in [0.1, 0.15) is 0 Å². The molecule has 0 radical (unpaired) electrons. The smallest absolute Gasteiger partial charge is 0.247 e. The van der Waals surface area contributed by atoms with E-state index in [1.807, 2.05) is 49.5 Å². The summed E-state index contributed by atoms with van der Waals surface area (Å²) in [4.78, 5) is 36.9. The van der Waals surface area contributed by atoms with Gasteiger partial charge in [-0.25, -0.2) is 9.97 Å². The summed E-state index contributed by atoms with van der Waals surface area (Å²) in [6, 6.07) is 13.6. The number of aryl methyl sites for hydroxylation is 1. The van der Waals surface area contributed by atoms with Crippen molar-refractivity contribution >= 4 is 45.7 Å². The summed E-state index contributed by atoms with van der Waals surface area (Å²) < 4.78 is 7.76. The van der Waals surface area contributed by atoms with Gasteiger partial charge in [0.1, 0.15) is 5.75 Å². The molecule has 0 aliphatic carbocycles. The molecule has 0 spiro atoms. The van der Waals surface area contributed by atoms with Crippen LogP contribution in [0.4, 0.5) is 23.0 Å². The number of carbonyl (C=O) groups is 2. The molecule has 0 aliphatic rings. The molecular formula is C30H33N7O3. The Morgan fingerprint density at radius 1 is 1.07 bits per heavy atom. The molecule has 2 aromatic heterocycles. The molecule has 10 nitrogen and oxygen atoms in total. The molecule has 0 fully saturated rings. The van der Waals surface area contributed by atoms with Gasteiger partial charge >= 0.3 is 0 Å². The molecule has 40 heavy (non-hydrogen) atoms. The molecule has 2 N–H and O–H groups in total. The van der Waals surface area contributed by atoms with Gasteiger partial charge in [0, 0.05) is 69.2 Å². The molecule has 0 atom stereocenters. The van der Waals surface area contributed by atoms with Crippen LogP contribution in [-0.2, 0) is 16.6 Å². The predicted octanol–water partition coefficient (Wildman–Crippen LogP) is 4.59. The van der Waals surface area contributed by atoms with Crippen LogP contribution in [0.2, 0.25) is 0 Å². The van der Waals surface area contributed by atoms with E-state index in [1.165, 1.54) is 12.2 Å². The Kier molecular flexibility index (Phi) is 8.48. The van der Waals surface area contributed by atoms with Crippen molar-refractivity contribution in [1.82, 2.24) is 19.4 Å². The number of para-hydroxylation sites is 1. The predicted molar refractivity (Wildman–Crippen MR) is 160 cm³/mol. The lowest BCUT2D eigenvalue weighted by Gasteiger charge is -2.26. The van der Waals surface area contributed by atoms with E-state index in [2.05, 4.69) is 45.5 Å². The largest absolute Gasteiger partial charge is 0.494 e.